The fourth-order valence-electron chi connectivity index (χ4n) is 4.02. The molecule has 4 aromatic rings. The number of carbonyl (C=O) groups is 1. The van der Waals surface area contributed by atoms with Crippen molar-refractivity contribution >= 4 is 22.5 Å². The average molecular weight is 418 g/mol. The minimum atomic E-state index is -0.163. The molecule has 1 amide bonds. The second-order valence-electron chi connectivity index (χ2n) is 7.48. The number of carbonyl (C=O) groups excluding carboxylic acids is 1. The molecule has 0 bridgehead atoms. The van der Waals surface area contributed by atoms with Crippen molar-refractivity contribution in [2.75, 3.05) is 33.4 Å². The second-order valence-corrected chi connectivity index (χ2v) is 7.48. The van der Waals surface area contributed by atoms with E-state index in [1.165, 1.54) is 0 Å². The summed E-state index contributed by atoms with van der Waals surface area (Å²) in [6.45, 7) is 2.54. The van der Waals surface area contributed by atoms with Crippen LogP contribution in [-0.4, -0.2) is 58.4 Å². The molecule has 1 aliphatic rings. The van der Waals surface area contributed by atoms with Gasteiger partial charge in [-0.2, -0.15) is 5.10 Å². The molecule has 5 rings (SSSR count). The molecular formula is C23H22N4O4. The summed E-state index contributed by atoms with van der Waals surface area (Å²) < 4.78 is 14.0. The zero-order valence-electron chi connectivity index (χ0n) is 17.2. The van der Waals surface area contributed by atoms with Gasteiger partial charge < -0.3 is 18.9 Å². The predicted octanol–water partition coefficient (Wildman–Crippen LogP) is 2.18. The van der Waals surface area contributed by atoms with E-state index < -0.39 is 0 Å². The van der Waals surface area contributed by atoms with Crippen LogP contribution in [0, 0.1) is 0 Å². The molecule has 158 valence electrons. The highest BCUT2D eigenvalue weighted by Crippen LogP contribution is 2.20. The average Bonchev–Trinajstić information content (AvgIpc) is 3.32. The van der Waals surface area contributed by atoms with Crippen LogP contribution in [-0.2, 0) is 11.3 Å². The molecule has 0 atom stereocenters. The summed E-state index contributed by atoms with van der Waals surface area (Å²) in [6, 6.07) is 14.8. The Bertz CT molecular complexity index is 1330. The number of amides is 1. The Morgan fingerprint density at radius 1 is 1.06 bits per heavy atom. The van der Waals surface area contributed by atoms with Crippen molar-refractivity contribution in [3.05, 3.63) is 76.2 Å². The molecule has 0 radical (unpaired) electrons. The quantitative estimate of drug-likeness (QED) is 0.508. The Kier molecular flexibility index (Phi) is 4.91. The van der Waals surface area contributed by atoms with Crippen LogP contribution in [0.4, 0.5) is 0 Å². The largest absolute Gasteiger partial charge is 0.497 e. The second kappa shape index (κ2) is 7.88. The molecule has 1 aliphatic heterocycles. The number of ether oxygens (including phenoxy) is 2. The highest BCUT2D eigenvalue weighted by Gasteiger charge is 2.20. The van der Waals surface area contributed by atoms with Crippen LogP contribution in [0.3, 0.4) is 0 Å². The predicted molar refractivity (Wildman–Crippen MR) is 116 cm³/mol. The van der Waals surface area contributed by atoms with Gasteiger partial charge >= 0.3 is 0 Å². The number of nitrogens with zero attached hydrogens (tertiary/aromatic N) is 4. The number of morpholine rings is 1. The van der Waals surface area contributed by atoms with Gasteiger partial charge in [-0.3, -0.25) is 9.59 Å². The zero-order chi connectivity index (χ0) is 21.4. The minimum absolute atomic E-state index is 0.0638. The van der Waals surface area contributed by atoms with Gasteiger partial charge in [0.05, 0.1) is 44.1 Å². The monoisotopic (exact) mass is 418 g/mol. The summed E-state index contributed by atoms with van der Waals surface area (Å²) in [5.41, 5.74) is 3.21. The molecule has 8 nitrogen and oxygen atoms in total. The molecule has 1 saturated heterocycles. The van der Waals surface area contributed by atoms with Gasteiger partial charge in [0, 0.05) is 18.7 Å². The standard InChI is InChI=1S/C23H22N4O4/c1-30-18-4-2-3-16(13-18)15-26-21-14-17(22(28)25-9-11-31-12-10-25)5-6-19(21)27-20(23(26)29)7-8-24-27/h2-8,13-14H,9-12,15H2,1H3. The van der Waals surface area contributed by atoms with E-state index in [1.54, 1.807) is 45.5 Å². The molecule has 2 aromatic carbocycles. The summed E-state index contributed by atoms with van der Waals surface area (Å²) in [4.78, 5) is 28.1. The molecule has 31 heavy (non-hydrogen) atoms. The van der Waals surface area contributed by atoms with Crippen LogP contribution in [0.1, 0.15) is 15.9 Å². The molecule has 0 N–H and O–H groups in total. The Hall–Kier alpha value is -3.65. The lowest BCUT2D eigenvalue weighted by molar-refractivity contribution is 0.0303. The lowest BCUT2D eigenvalue weighted by atomic mass is 10.1. The highest BCUT2D eigenvalue weighted by atomic mass is 16.5. The third-order valence-electron chi connectivity index (χ3n) is 5.62. The van der Waals surface area contributed by atoms with Gasteiger partial charge in [0.1, 0.15) is 11.3 Å². The fraction of sp³-hybridized carbons (Fsp3) is 0.261. The summed E-state index contributed by atoms with van der Waals surface area (Å²) in [6.07, 6.45) is 1.61. The van der Waals surface area contributed by atoms with E-state index in [9.17, 15) is 9.59 Å². The third-order valence-corrected chi connectivity index (χ3v) is 5.62. The van der Waals surface area contributed by atoms with Gasteiger partial charge in [-0.05, 0) is 42.0 Å². The molecule has 8 heteroatoms. The third kappa shape index (κ3) is 3.44. The van der Waals surface area contributed by atoms with Crippen LogP contribution < -0.4 is 10.3 Å². The lowest BCUT2D eigenvalue weighted by Crippen LogP contribution is -2.40. The minimum Gasteiger partial charge on any atom is -0.497 e. The first kappa shape index (κ1) is 19.3. The maximum Gasteiger partial charge on any atom is 0.277 e. The number of rotatable bonds is 4. The smallest absolute Gasteiger partial charge is 0.277 e. The van der Waals surface area contributed by atoms with Crippen molar-refractivity contribution in [2.24, 2.45) is 0 Å². The van der Waals surface area contributed by atoms with Gasteiger partial charge in [-0.25, -0.2) is 4.52 Å². The number of aromatic nitrogens is 3. The first-order chi connectivity index (χ1) is 15.2. The first-order valence-corrected chi connectivity index (χ1v) is 10.2. The summed E-state index contributed by atoms with van der Waals surface area (Å²) in [5.74, 6) is 0.662. The lowest BCUT2D eigenvalue weighted by Gasteiger charge is -2.27. The number of fused-ring (bicyclic) bond motifs is 3. The molecule has 2 aromatic heterocycles. The zero-order valence-corrected chi connectivity index (χ0v) is 17.2. The van der Waals surface area contributed by atoms with E-state index in [4.69, 9.17) is 9.47 Å². The van der Waals surface area contributed by atoms with Crippen molar-refractivity contribution < 1.29 is 14.3 Å². The molecule has 0 aliphatic carbocycles. The van der Waals surface area contributed by atoms with E-state index in [0.717, 1.165) is 16.8 Å². The van der Waals surface area contributed by atoms with E-state index >= 15 is 0 Å². The van der Waals surface area contributed by atoms with Crippen molar-refractivity contribution in [2.45, 2.75) is 6.54 Å². The first-order valence-electron chi connectivity index (χ1n) is 10.2. The van der Waals surface area contributed by atoms with Crippen LogP contribution in [0.15, 0.2) is 59.5 Å². The Labute approximate surface area is 178 Å². The maximum absolute atomic E-state index is 13.3. The van der Waals surface area contributed by atoms with Gasteiger partial charge in [0.25, 0.3) is 11.5 Å². The van der Waals surface area contributed by atoms with E-state index in [2.05, 4.69) is 5.10 Å². The summed E-state index contributed by atoms with van der Waals surface area (Å²) in [5, 5.41) is 4.32. The van der Waals surface area contributed by atoms with E-state index in [-0.39, 0.29) is 11.5 Å². The number of methoxy groups -OCH3 is 1. The van der Waals surface area contributed by atoms with Crippen molar-refractivity contribution in [1.82, 2.24) is 19.1 Å². The topological polar surface area (TPSA) is 78.1 Å². The summed E-state index contributed by atoms with van der Waals surface area (Å²) in [7, 11) is 1.61. The van der Waals surface area contributed by atoms with Gasteiger partial charge in [0.2, 0.25) is 0 Å². The highest BCUT2D eigenvalue weighted by molar-refractivity contribution is 5.97. The van der Waals surface area contributed by atoms with Crippen LogP contribution >= 0.6 is 0 Å². The van der Waals surface area contributed by atoms with E-state index in [0.29, 0.717) is 49.4 Å². The normalized spacial score (nSPS) is 14.3. The Morgan fingerprint density at radius 3 is 2.71 bits per heavy atom. The molecule has 0 unspecified atom stereocenters. The van der Waals surface area contributed by atoms with Crippen LogP contribution in [0.2, 0.25) is 0 Å². The Morgan fingerprint density at radius 2 is 1.90 bits per heavy atom. The molecule has 0 spiro atoms. The summed E-state index contributed by atoms with van der Waals surface area (Å²) >= 11 is 0. The van der Waals surface area contributed by atoms with Crippen LogP contribution in [0.25, 0.3) is 16.6 Å². The number of hydrogen-bond acceptors (Lipinski definition) is 5. The molecule has 3 heterocycles. The fourth-order valence-corrected chi connectivity index (χ4v) is 4.02. The Balaban J connectivity index is 1.66. The van der Waals surface area contributed by atoms with Crippen LogP contribution in [0.5, 0.6) is 5.75 Å². The molecular weight excluding hydrogens is 396 g/mol. The molecule has 0 saturated carbocycles. The SMILES string of the molecule is COc1cccc(Cn2c(=O)c3ccnn3c3ccc(C(=O)N4CCOCC4)cc32)c1. The van der Waals surface area contributed by atoms with Gasteiger partial charge in [-0.1, -0.05) is 12.1 Å². The van der Waals surface area contributed by atoms with E-state index in [1.807, 2.05) is 30.3 Å². The van der Waals surface area contributed by atoms with Gasteiger partial charge in [-0.15, -0.1) is 0 Å². The van der Waals surface area contributed by atoms with Gasteiger partial charge in [0.15, 0.2) is 0 Å². The van der Waals surface area contributed by atoms with Crippen molar-refractivity contribution in [1.29, 1.82) is 0 Å². The number of benzene rings is 2. The maximum atomic E-state index is 13.3. The molecule has 1 fully saturated rings. The van der Waals surface area contributed by atoms with Crippen molar-refractivity contribution in [3.63, 3.8) is 0 Å². The number of hydrogen-bond donors (Lipinski definition) is 0. The van der Waals surface area contributed by atoms with Crippen molar-refractivity contribution in [3.8, 4) is 5.75 Å².